The molecular formula is C11H20F2N2O2. The van der Waals surface area contributed by atoms with Crippen molar-refractivity contribution in [3.05, 3.63) is 0 Å². The van der Waals surface area contributed by atoms with Crippen molar-refractivity contribution in [2.45, 2.75) is 45.3 Å². The normalized spacial score (nSPS) is 25.8. The van der Waals surface area contributed by atoms with Crippen molar-refractivity contribution in [1.29, 1.82) is 0 Å². The highest BCUT2D eigenvalue weighted by Crippen LogP contribution is 2.18. The Morgan fingerprint density at radius 3 is 2.59 bits per heavy atom. The quantitative estimate of drug-likeness (QED) is 0.785. The van der Waals surface area contributed by atoms with Crippen LogP contribution in [0.1, 0.15) is 27.2 Å². The van der Waals surface area contributed by atoms with Crippen LogP contribution >= 0.6 is 0 Å². The summed E-state index contributed by atoms with van der Waals surface area (Å²) in [5.74, 6) is -0.705. The topological polar surface area (TPSA) is 50.4 Å². The molecule has 6 heteroatoms. The Hall–Kier alpha value is -0.910. The van der Waals surface area contributed by atoms with Gasteiger partial charge in [0.1, 0.15) is 5.60 Å². The second kappa shape index (κ2) is 5.62. The Morgan fingerprint density at radius 2 is 2.06 bits per heavy atom. The zero-order valence-electron chi connectivity index (χ0n) is 10.4. The summed E-state index contributed by atoms with van der Waals surface area (Å²) in [5.41, 5.74) is -0.575. The van der Waals surface area contributed by atoms with Crippen LogP contribution in [0.25, 0.3) is 0 Å². The van der Waals surface area contributed by atoms with Gasteiger partial charge in [-0.25, -0.2) is 13.6 Å². The molecule has 4 nitrogen and oxygen atoms in total. The Balaban J connectivity index is 2.38. The van der Waals surface area contributed by atoms with Crippen LogP contribution in [-0.4, -0.2) is 37.3 Å². The maximum atomic E-state index is 12.5. The smallest absolute Gasteiger partial charge is 0.407 e. The molecule has 0 bridgehead atoms. The van der Waals surface area contributed by atoms with Crippen LogP contribution in [0.2, 0.25) is 0 Å². The maximum absolute atomic E-state index is 12.5. The SMILES string of the molecule is CC(C)(C)OC(=O)NC1CNCC(C(F)F)C1. The zero-order valence-corrected chi connectivity index (χ0v) is 10.4. The average molecular weight is 250 g/mol. The van der Waals surface area contributed by atoms with E-state index in [0.29, 0.717) is 13.1 Å². The van der Waals surface area contributed by atoms with Gasteiger partial charge in [-0.1, -0.05) is 0 Å². The van der Waals surface area contributed by atoms with Crippen molar-refractivity contribution in [2.24, 2.45) is 5.92 Å². The van der Waals surface area contributed by atoms with E-state index in [0.717, 1.165) is 0 Å². The monoisotopic (exact) mass is 250 g/mol. The van der Waals surface area contributed by atoms with E-state index >= 15 is 0 Å². The van der Waals surface area contributed by atoms with E-state index in [1.165, 1.54) is 0 Å². The van der Waals surface area contributed by atoms with Gasteiger partial charge in [-0.3, -0.25) is 0 Å². The number of alkyl halides is 2. The number of ether oxygens (including phenoxy) is 1. The molecule has 1 aliphatic heterocycles. The summed E-state index contributed by atoms with van der Waals surface area (Å²) in [5, 5.41) is 5.49. The molecule has 100 valence electrons. The second-order valence-corrected chi connectivity index (χ2v) is 5.33. The maximum Gasteiger partial charge on any atom is 0.407 e. The zero-order chi connectivity index (χ0) is 13.1. The molecule has 2 unspecified atom stereocenters. The molecule has 2 N–H and O–H groups in total. The van der Waals surface area contributed by atoms with Crippen molar-refractivity contribution >= 4 is 6.09 Å². The van der Waals surface area contributed by atoms with E-state index in [9.17, 15) is 13.6 Å². The van der Waals surface area contributed by atoms with E-state index < -0.39 is 24.0 Å². The molecule has 0 radical (unpaired) electrons. The van der Waals surface area contributed by atoms with Crippen LogP contribution in [0.4, 0.5) is 13.6 Å². The Morgan fingerprint density at radius 1 is 1.41 bits per heavy atom. The first kappa shape index (κ1) is 14.2. The van der Waals surface area contributed by atoms with Crippen LogP contribution < -0.4 is 10.6 Å². The van der Waals surface area contributed by atoms with Crippen molar-refractivity contribution in [2.75, 3.05) is 13.1 Å². The minimum atomic E-state index is -2.36. The molecule has 0 aromatic heterocycles. The number of amides is 1. The fourth-order valence-electron chi connectivity index (χ4n) is 1.75. The molecule has 1 saturated heterocycles. The molecule has 0 spiro atoms. The van der Waals surface area contributed by atoms with Crippen molar-refractivity contribution in [3.63, 3.8) is 0 Å². The lowest BCUT2D eigenvalue weighted by Gasteiger charge is -2.30. The minimum absolute atomic E-state index is 0.282. The number of carbonyl (C=O) groups is 1. The van der Waals surface area contributed by atoms with Gasteiger partial charge < -0.3 is 15.4 Å². The summed E-state index contributed by atoms with van der Waals surface area (Å²) >= 11 is 0. The van der Waals surface area contributed by atoms with Gasteiger partial charge in [0.2, 0.25) is 6.43 Å². The summed E-state index contributed by atoms with van der Waals surface area (Å²) in [6.45, 7) is 6.07. The fourth-order valence-corrected chi connectivity index (χ4v) is 1.75. The number of halogens is 2. The molecule has 2 atom stereocenters. The molecule has 17 heavy (non-hydrogen) atoms. The second-order valence-electron chi connectivity index (χ2n) is 5.33. The molecular weight excluding hydrogens is 230 g/mol. The number of hydrogen-bond acceptors (Lipinski definition) is 3. The van der Waals surface area contributed by atoms with Gasteiger partial charge in [0.05, 0.1) is 0 Å². The van der Waals surface area contributed by atoms with E-state index in [-0.39, 0.29) is 12.5 Å². The number of rotatable bonds is 2. The van der Waals surface area contributed by atoms with Crippen LogP contribution in [-0.2, 0) is 4.74 Å². The highest BCUT2D eigenvalue weighted by atomic mass is 19.3. The Labute approximate surface area is 100 Å². The van der Waals surface area contributed by atoms with Gasteiger partial charge in [-0.15, -0.1) is 0 Å². The van der Waals surface area contributed by atoms with Gasteiger partial charge in [-0.05, 0) is 27.2 Å². The molecule has 0 aromatic carbocycles. The summed E-state index contributed by atoms with van der Waals surface area (Å²) in [7, 11) is 0. The Bertz CT molecular complexity index is 267. The van der Waals surface area contributed by atoms with E-state index in [2.05, 4.69) is 10.6 Å². The molecule has 1 heterocycles. The van der Waals surface area contributed by atoms with Crippen molar-refractivity contribution < 1.29 is 18.3 Å². The first-order valence-electron chi connectivity index (χ1n) is 5.76. The third kappa shape index (κ3) is 5.30. The average Bonchev–Trinajstić information content (AvgIpc) is 2.14. The first-order chi connectivity index (χ1) is 7.78. The lowest BCUT2D eigenvalue weighted by atomic mass is 9.96. The summed E-state index contributed by atoms with van der Waals surface area (Å²) in [6.07, 6.45) is -2.63. The van der Waals surface area contributed by atoms with Gasteiger partial charge in [0, 0.05) is 25.0 Å². The largest absolute Gasteiger partial charge is 0.444 e. The predicted octanol–water partition coefficient (Wildman–Crippen LogP) is 1.75. The molecule has 1 fully saturated rings. The lowest BCUT2D eigenvalue weighted by Crippen LogP contribution is -2.51. The number of piperidine rings is 1. The van der Waals surface area contributed by atoms with E-state index in [1.807, 2.05) is 0 Å². The highest BCUT2D eigenvalue weighted by Gasteiger charge is 2.29. The van der Waals surface area contributed by atoms with Crippen LogP contribution in [0, 0.1) is 5.92 Å². The number of alkyl carbamates (subject to hydrolysis) is 1. The minimum Gasteiger partial charge on any atom is -0.444 e. The molecule has 0 aromatic rings. The fraction of sp³-hybridized carbons (Fsp3) is 0.909. The van der Waals surface area contributed by atoms with Crippen molar-refractivity contribution in [1.82, 2.24) is 10.6 Å². The van der Waals surface area contributed by atoms with Gasteiger partial charge >= 0.3 is 6.09 Å². The Kier molecular flexibility index (Phi) is 4.68. The van der Waals surface area contributed by atoms with Crippen molar-refractivity contribution in [3.8, 4) is 0 Å². The molecule has 0 saturated carbocycles. The molecule has 0 aliphatic carbocycles. The summed E-state index contributed by atoms with van der Waals surface area (Å²) in [6, 6.07) is -0.294. The van der Waals surface area contributed by atoms with E-state index in [1.54, 1.807) is 20.8 Å². The van der Waals surface area contributed by atoms with Crippen LogP contribution in [0.15, 0.2) is 0 Å². The third-order valence-electron chi connectivity index (χ3n) is 2.46. The number of carbonyl (C=O) groups excluding carboxylic acids is 1. The van der Waals surface area contributed by atoms with E-state index in [4.69, 9.17) is 4.74 Å². The molecule has 1 amide bonds. The van der Waals surface area contributed by atoms with Crippen LogP contribution in [0.5, 0.6) is 0 Å². The lowest BCUT2D eigenvalue weighted by molar-refractivity contribution is 0.0378. The number of nitrogens with one attached hydrogen (secondary N) is 2. The first-order valence-corrected chi connectivity index (χ1v) is 5.76. The van der Waals surface area contributed by atoms with Crippen LogP contribution in [0.3, 0.4) is 0 Å². The summed E-state index contributed by atoms with van der Waals surface area (Å²) in [4.78, 5) is 11.5. The number of hydrogen-bond donors (Lipinski definition) is 2. The third-order valence-corrected chi connectivity index (χ3v) is 2.46. The molecule has 1 rings (SSSR count). The standard InChI is InChI=1S/C11H20F2N2O2/c1-11(2,3)17-10(16)15-8-4-7(9(12)13)5-14-6-8/h7-9,14H,4-6H2,1-3H3,(H,15,16). The predicted molar refractivity (Wildman–Crippen MR) is 60.1 cm³/mol. The summed E-state index contributed by atoms with van der Waals surface area (Å²) < 4.78 is 30.1. The van der Waals surface area contributed by atoms with Gasteiger partial charge in [-0.2, -0.15) is 0 Å². The van der Waals surface area contributed by atoms with Gasteiger partial charge in [0.15, 0.2) is 0 Å². The van der Waals surface area contributed by atoms with Gasteiger partial charge in [0.25, 0.3) is 0 Å². The molecule has 1 aliphatic rings. The highest BCUT2D eigenvalue weighted by molar-refractivity contribution is 5.68.